The Morgan fingerprint density at radius 2 is 2.18 bits per heavy atom. The minimum atomic E-state index is 0.0592. The molecule has 0 aromatic carbocycles. The quantitative estimate of drug-likeness (QED) is 0.808. The van der Waals surface area contributed by atoms with Crippen molar-refractivity contribution in [3.8, 4) is 0 Å². The Morgan fingerprint density at radius 1 is 1.47 bits per heavy atom. The lowest BCUT2D eigenvalue weighted by atomic mass is 10.1. The SMILES string of the molecule is CCn1ncnc1CC(=O)CCNC(C)(C)C. The first-order valence-corrected chi connectivity index (χ1v) is 6.06. The molecule has 1 aromatic rings. The lowest BCUT2D eigenvalue weighted by Gasteiger charge is -2.20. The van der Waals surface area contributed by atoms with E-state index in [-0.39, 0.29) is 11.3 Å². The molecule has 5 nitrogen and oxygen atoms in total. The highest BCUT2D eigenvalue weighted by Crippen LogP contribution is 2.01. The summed E-state index contributed by atoms with van der Waals surface area (Å²) in [6.45, 7) is 9.72. The van der Waals surface area contributed by atoms with Crippen LogP contribution in [0.4, 0.5) is 0 Å². The summed E-state index contributed by atoms with van der Waals surface area (Å²) < 4.78 is 1.76. The highest BCUT2D eigenvalue weighted by molar-refractivity contribution is 5.80. The molecule has 0 bridgehead atoms. The molecular weight excluding hydrogens is 216 g/mol. The summed E-state index contributed by atoms with van der Waals surface area (Å²) >= 11 is 0. The summed E-state index contributed by atoms with van der Waals surface area (Å²) in [7, 11) is 0. The first-order chi connectivity index (χ1) is 7.92. The van der Waals surface area contributed by atoms with Crippen molar-refractivity contribution in [1.82, 2.24) is 20.1 Å². The maximum Gasteiger partial charge on any atom is 0.141 e. The summed E-state index contributed by atoms with van der Waals surface area (Å²) in [5.41, 5.74) is 0.0592. The zero-order valence-electron chi connectivity index (χ0n) is 11.2. The van der Waals surface area contributed by atoms with Crippen molar-refractivity contribution in [3.63, 3.8) is 0 Å². The smallest absolute Gasteiger partial charge is 0.141 e. The number of hydrogen-bond donors (Lipinski definition) is 1. The van der Waals surface area contributed by atoms with E-state index in [4.69, 9.17) is 0 Å². The van der Waals surface area contributed by atoms with Gasteiger partial charge in [0.25, 0.3) is 0 Å². The van der Waals surface area contributed by atoms with Gasteiger partial charge in [-0.2, -0.15) is 5.10 Å². The van der Waals surface area contributed by atoms with Gasteiger partial charge >= 0.3 is 0 Å². The molecule has 0 fully saturated rings. The van der Waals surface area contributed by atoms with Crippen LogP contribution >= 0.6 is 0 Å². The average Bonchev–Trinajstić information content (AvgIpc) is 2.63. The van der Waals surface area contributed by atoms with Gasteiger partial charge in [-0.3, -0.25) is 4.79 Å². The van der Waals surface area contributed by atoms with Crippen LogP contribution in [0.3, 0.4) is 0 Å². The van der Waals surface area contributed by atoms with E-state index < -0.39 is 0 Å². The van der Waals surface area contributed by atoms with Crippen molar-refractivity contribution in [1.29, 1.82) is 0 Å². The zero-order chi connectivity index (χ0) is 12.9. The number of nitrogens with zero attached hydrogens (tertiary/aromatic N) is 3. The third kappa shape index (κ3) is 5.08. The number of nitrogens with one attached hydrogen (secondary N) is 1. The van der Waals surface area contributed by atoms with Crippen LogP contribution in [-0.4, -0.2) is 32.6 Å². The summed E-state index contributed by atoms with van der Waals surface area (Å²) in [5.74, 6) is 0.956. The van der Waals surface area contributed by atoms with Gasteiger partial charge in [-0.15, -0.1) is 0 Å². The van der Waals surface area contributed by atoms with E-state index in [2.05, 4.69) is 36.2 Å². The molecule has 0 radical (unpaired) electrons. The second-order valence-corrected chi connectivity index (χ2v) is 5.13. The van der Waals surface area contributed by atoms with E-state index in [1.807, 2.05) is 6.92 Å². The molecule has 1 aromatic heterocycles. The molecule has 1 N–H and O–H groups in total. The van der Waals surface area contributed by atoms with Crippen LogP contribution in [0.1, 0.15) is 39.9 Å². The number of rotatable bonds is 6. The Labute approximate surface area is 103 Å². The molecule has 0 aliphatic carbocycles. The van der Waals surface area contributed by atoms with Gasteiger partial charge in [0, 0.05) is 25.0 Å². The molecule has 96 valence electrons. The number of aromatic nitrogens is 3. The highest BCUT2D eigenvalue weighted by Gasteiger charge is 2.12. The van der Waals surface area contributed by atoms with Gasteiger partial charge in [0.1, 0.15) is 17.9 Å². The maximum absolute atomic E-state index is 11.7. The van der Waals surface area contributed by atoms with Gasteiger partial charge in [0.2, 0.25) is 0 Å². The Hall–Kier alpha value is -1.23. The minimum Gasteiger partial charge on any atom is -0.312 e. The molecule has 0 saturated carbocycles. The third-order valence-electron chi connectivity index (χ3n) is 2.41. The lowest BCUT2D eigenvalue weighted by molar-refractivity contribution is -0.118. The first-order valence-electron chi connectivity index (χ1n) is 6.06. The molecule has 1 heterocycles. The van der Waals surface area contributed by atoms with Crippen molar-refractivity contribution in [2.75, 3.05) is 6.54 Å². The molecule has 17 heavy (non-hydrogen) atoms. The Kier molecular flexibility index (Phi) is 4.81. The Morgan fingerprint density at radius 3 is 2.76 bits per heavy atom. The molecule has 0 saturated heterocycles. The van der Waals surface area contributed by atoms with Crippen LogP contribution in [0, 0.1) is 0 Å². The van der Waals surface area contributed by atoms with Crippen molar-refractivity contribution < 1.29 is 4.79 Å². The second-order valence-electron chi connectivity index (χ2n) is 5.13. The molecule has 1 rings (SSSR count). The second kappa shape index (κ2) is 5.91. The summed E-state index contributed by atoms with van der Waals surface area (Å²) in [6.07, 6.45) is 2.41. The van der Waals surface area contributed by atoms with Gasteiger partial charge in [0.05, 0.1) is 6.42 Å². The largest absolute Gasteiger partial charge is 0.312 e. The summed E-state index contributed by atoms with van der Waals surface area (Å²) in [6, 6.07) is 0. The predicted octanol–water partition coefficient (Wildman–Crippen LogP) is 1.19. The predicted molar refractivity (Wildman–Crippen MR) is 66.8 cm³/mol. The molecule has 0 atom stereocenters. The number of carbonyl (C=O) groups excluding carboxylic acids is 1. The maximum atomic E-state index is 11.7. The molecule has 0 aliphatic rings. The Balaban J connectivity index is 2.35. The Bertz CT molecular complexity index is 365. The third-order valence-corrected chi connectivity index (χ3v) is 2.41. The van der Waals surface area contributed by atoms with E-state index in [0.29, 0.717) is 19.4 Å². The van der Waals surface area contributed by atoms with E-state index in [1.165, 1.54) is 6.33 Å². The first kappa shape index (κ1) is 13.8. The number of carbonyl (C=O) groups is 1. The molecule has 0 aliphatic heterocycles. The van der Waals surface area contributed by atoms with Crippen LogP contribution in [0.2, 0.25) is 0 Å². The van der Waals surface area contributed by atoms with Gasteiger partial charge in [-0.05, 0) is 27.7 Å². The lowest BCUT2D eigenvalue weighted by Crippen LogP contribution is -2.37. The average molecular weight is 238 g/mol. The van der Waals surface area contributed by atoms with Gasteiger partial charge < -0.3 is 5.32 Å². The number of ketones is 1. The van der Waals surface area contributed by atoms with Gasteiger partial charge in [-0.1, -0.05) is 0 Å². The fraction of sp³-hybridized carbons (Fsp3) is 0.750. The monoisotopic (exact) mass is 238 g/mol. The number of aryl methyl sites for hydroxylation is 1. The van der Waals surface area contributed by atoms with Gasteiger partial charge in [0.15, 0.2) is 0 Å². The van der Waals surface area contributed by atoms with Crippen molar-refractivity contribution in [2.24, 2.45) is 0 Å². The number of hydrogen-bond acceptors (Lipinski definition) is 4. The van der Waals surface area contributed by atoms with E-state index in [1.54, 1.807) is 4.68 Å². The molecule has 0 unspecified atom stereocenters. The zero-order valence-corrected chi connectivity index (χ0v) is 11.2. The summed E-state index contributed by atoms with van der Waals surface area (Å²) in [4.78, 5) is 15.8. The molecule has 5 heteroatoms. The van der Waals surface area contributed by atoms with Crippen molar-refractivity contribution >= 4 is 5.78 Å². The normalized spacial score (nSPS) is 11.8. The molecular formula is C12H22N4O. The van der Waals surface area contributed by atoms with E-state index in [0.717, 1.165) is 12.4 Å². The highest BCUT2D eigenvalue weighted by atomic mass is 16.1. The van der Waals surface area contributed by atoms with Crippen LogP contribution in [0.5, 0.6) is 0 Å². The molecule has 0 amide bonds. The van der Waals surface area contributed by atoms with E-state index >= 15 is 0 Å². The van der Waals surface area contributed by atoms with Crippen LogP contribution in [0.15, 0.2) is 6.33 Å². The van der Waals surface area contributed by atoms with E-state index in [9.17, 15) is 4.79 Å². The summed E-state index contributed by atoms with van der Waals surface area (Å²) in [5, 5.41) is 7.34. The fourth-order valence-corrected chi connectivity index (χ4v) is 1.53. The van der Waals surface area contributed by atoms with Crippen LogP contribution < -0.4 is 5.32 Å². The minimum absolute atomic E-state index is 0.0592. The van der Waals surface area contributed by atoms with Crippen molar-refractivity contribution in [2.45, 2.75) is 52.6 Å². The van der Waals surface area contributed by atoms with Gasteiger partial charge in [-0.25, -0.2) is 9.67 Å². The topological polar surface area (TPSA) is 59.8 Å². The molecule has 0 spiro atoms. The van der Waals surface area contributed by atoms with Crippen molar-refractivity contribution in [3.05, 3.63) is 12.2 Å². The van der Waals surface area contributed by atoms with Crippen LogP contribution in [0.25, 0.3) is 0 Å². The van der Waals surface area contributed by atoms with Crippen LogP contribution in [-0.2, 0) is 17.8 Å². The standard InChI is InChI=1S/C12H22N4O/c1-5-16-11(13-9-15-16)8-10(17)6-7-14-12(2,3)4/h9,14H,5-8H2,1-4H3. The fourth-order valence-electron chi connectivity index (χ4n) is 1.53. The number of Topliss-reactive ketones (excluding diaryl/α,β-unsaturated/α-hetero) is 1.